The molecule has 0 aromatic carbocycles. The fourth-order valence-electron chi connectivity index (χ4n) is 3.37. The second-order valence-electron chi connectivity index (χ2n) is 7.19. The Labute approximate surface area is 190 Å². The van der Waals surface area contributed by atoms with Crippen LogP contribution in [0.3, 0.4) is 0 Å². The predicted octanol–water partition coefficient (Wildman–Crippen LogP) is 4.61. The summed E-state index contributed by atoms with van der Waals surface area (Å²) in [7, 11) is 1.82. The monoisotopic (exact) mass is 513 g/mol. The van der Waals surface area contributed by atoms with Crippen LogP contribution in [0.2, 0.25) is 0 Å². The molecule has 154 valence electrons. The lowest BCUT2D eigenvalue weighted by molar-refractivity contribution is 0.700. The molecule has 2 N–H and O–H groups in total. The van der Waals surface area contributed by atoms with Crippen LogP contribution in [-0.2, 0) is 6.54 Å². The molecule has 1 unspecified atom stereocenters. The third kappa shape index (κ3) is 6.92. The lowest BCUT2D eigenvalue weighted by Crippen LogP contribution is -2.38. The number of nitrogens with zero attached hydrogens (tertiary/aromatic N) is 3. The van der Waals surface area contributed by atoms with Crippen molar-refractivity contribution in [1.82, 2.24) is 15.6 Å². The number of aliphatic imine (C=N–C) groups is 1. The summed E-state index contributed by atoms with van der Waals surface area (Å²) in [6.45, 7) is 6.08. The molecule has 3 heterocycles. The number of aromatic nitrogens is 1. The fraction of sp³-hybridized carbons (Fsp3) is 0.524. The van der Waals surface area contributed by atoms with Crippen molar-refractivity contribution in [3.63, 3.8) is 0 Å². The molecule has 1 saturated heterocycles. The zero-order valence-electron chi connectivity index (χ0n) is 16.9. The molecule has 1 aliphatic rings. The van der Waals surface area contributed by atoms with Crippen LogP contribution in [0.15, 0.2) is 40.1 Å². The first-order chi connectivity index (χ1) is 13.3. The number of hydrogen-bond acceptors (Lipinski definition) is 4. The highest BCUT2D eigenvalue weighted by atomic mass is 127. The van der Waals surface area contributed by atoms with Gasteiger partial charge in [-0.05, 0) is 58.8 Å². The summed E-state index contributed by atoms with van der Waals surface area (Å²) in [4.78, 5) is 11.4. The van der Waals surface area contributed by atoms with Crippen LogP contribution < -0.4 is 15.5 Å². The van der Waals surface area contributed by atoms with E-state index >= 15 is 0 Å². The van der Waals surface area contributed by atoms with Gasteiger partial charge >= 0.3 is 0 Å². The molecule has 2 aromatic rings. The van der Waals surface area contributed by atoms with Gasteiger partial charge in [-0.3, -0.25) is 4.99 Å². The Hall–Kier alpha value is -1.35. The molecule has 3 rings (SSSR count). The van der Waals surface area contributed by atoms with Gasteiger partial charge in [0.05, 0.1) is 0 Å². The maximum atomic E-state index is 4.59. The summed E-state index contributed by atoms with van der Waals surface area (Å²) in [6, 6.07) is 6.48. The van der Waals surface area contributed by atoms with Crippen molar-refractivity contribution in [3.8, 4) is 0 Å². The molecule has 0 spiro atoms. The van der Waals surface area contributed by atoms with E-state index in [0.717, 1.165) is 38.0 Å². The van der Waals surface area contributed by atoms with E-state index in [1.807, 2.05) is 13.2 Å². The average molecular weight is 513 g/mol. The minimum atomic E-state index is 0. The zero-order chi connectivity index (χ0) is 18.9. The van der Waals surface area contributed by atoms with Crippen molar-refractivity contribution in [2.75, 3.05) is 31.6 Å². The van der Waals surface area contributed by atoms with E-state index in [4.69, 9.17) is 0 Å². The average Bonchev–Trinajstić information content (AvgIpc) is 3.11. The molecule has 0 amide bonds. The maximum absolute atomic E-state index is 4.59. The van der Waals surface area contributed by atoms with E-state index in [2.05, 4.69) is 61.4 Å². The first-order valence-corrected chi connectivity index (χ1v) is 10.9. The van der Waals surface area contributed by atoms with Gasteiger partial charge in [0, 0.05) is 39.4 Å². The molecule has 0 bridgehead atoms. The summed E-state index contributed by atoms with van der Waals surface area (Å²) >= 11 is 1.75. The normalized spacial score (nSPS) is 16.1. The molecule has 0 aliphatic carbocycles. The van der Waals surface area contributed by atoms with Crippen molar-refractivity contribution < 1.29 is 0 Å². The van der Waals surface area contributed by atoms with Crippen molar-refractivity contribution in [2.45, 2.75) is 45.1 Å². The molecular formula is C21H32IN5S. The van der Waals surface area contributed by atoms with Crippen LogP contribution in [0.5, 0.6) is 0 Å². The van der Waals surface area contributed by atoms with Crippen LogP contribution in [0, 0.1) is 0 Å². The molecule has 1 aliphatic heterocycles. The van der Waals surface area contributed by atoms with E-state index in [1.54, 1.807) is 11.3 Å². The van der Waals surface area contributed by atoms with E-state index in [0.29, 0.717) is 5.92 Å². The maximum Gasteiger partial charge on any atom is 0.191 e. The number of halogens is 1. The molecular weight excluding hydrogens is 481 g/mol. The number of pyridine rings is 1. The molecule has 5 nitrogen and oxygen atoms in total. The van der Waals surface area contributed by atoms with E-state index < -0.39 is 0 Å². The summed E-state index contributed by atoms with van der Waals surface area (Å²) < 4.78 is 0. The predicted molar refractivity (Wildman–Crippen MR) is 131 cm³/mol. The Balaban J connectivity index is 0.00000280. The lowest BCUT2D eigenvalue weighted by atomic mass is 10.1. The quantitative estimate of drug-likeness (QED) is 0.337. The number of hydrogen-bond donors (Lipinski definition) is 2. The van der Waals surface area contributed by atoms with E-state index in [9.17, 15) is 0 Å². The second kappa shape index (κ2) is 12.3. The Bertz CT molecular complexity index is 711. The first-order valence-electron chi connectivity index (χ1n) is 9.93. The first kappa shape index (κ1) is 22.9. The summed E-state index contributed by atoms with van der Waals surface area (Å²) in [5.41, 5.74) is 2.61. The van der Waals surface area contributed by atoms with Crippen LogP contribution in [-0.4, -0.2) is 37.6 Å². The highest BCUT2D eigenvalue weighted by Crippen LogP contribution is 2.18. The molecule has 2 aromatic heterocycles. The summed E-state index contributed by atoms with van der Waals surface area (Å²) in [5, 5.41) is 11.2. The highest BCUT2D eigenvalue weighted by Gasteiger charge is 2.12. The van der Waals surface area contributed by atoms with Crippen LogP contribution >= 0.6 is 35.3 Å². The topological polar surface area (TPSA) is 52.6 Å². The zero-order valence-corrected chi connectivity index (χ0v) is 20.0. The number of nitrogens with one attached hydrogen (secondary N) is 2. The van der Waals surface area contributed by atoms with E-state index in [-0.39, 0.29) is 24.0 Å². The van der Waals surface area contributed by atoms with Gasteiger partial charge in [0.2, 0.25) is 0 Å². The van der Waals surface area contributed by atoms with Crippen LogP contribution in [0.25, 0.3) is 0 Å². The van der Waals surface area contributed by atoms with Crippen molar-refractivity contribution in [1.29, 1.82) is 0 Å². The standard InChI is InChI=1S/C21H31N5S.HI/c1-17(19-8-12-27-16-19)14-24-21(22-2)25-15-18-7-9-23-20(13-18)26-10-5-3-4-6-11-26;/h7-9,12-13,16-17H,3-6,10-11,14-15H2,1-2H3,(H2,22,24,25);1H. The van der Waals surface area contributed by atoms with Gasteiger partial charge in [-0.1, -0.05) is 19.8 Å². The molecule has 1 fully saturated rings. The smallest absolute Gasteiger partial charge is 0.191 e. The Morgan fingerprint density at radius 3 is 2.68 bits per heavy atom. The third-order valence-electron chi connectivity index (χ3n) is 5.11. The second-order valence-corrected chi connectivity index (χ2v) is 7.97. The van der Waals surface area contributed by atoms with Crippen LogP contribution in [0.1, 0.15) is 49.7 Å². The van der Waals surface area contributed by atoms with Gasteiger partial charge in [-0.2, -0.15) is 11.3 Å². The van der Waals surface area contributed by atoms with Gasteiger partial charge in [0.1, 0.15) is 5.82 Å². The minimum Gasteiger partial charge on any atom is -0.357 e. The summed E-state index contributed by atoms with van der Waals surface area (Å²) in [5.74, 6) is 2.40. The van der Waals surface area contributed by atoms with Crippen LogP contribution in [0.4, 0.5) is 5.82 Å². The Morgan fingerprint density at radius 2 is 2.00 bits per heavy atom. The molecule has 7 heteroatoms. The number of guanidine groups is 1. The molecule has 28 heavy (non-hydrogen) atoms. The Kier molecular flexibility index (Phi) is 10.0. The van der Waals surface area contributed by atoms with E-state index in [1.165, 1.54) is 36.8 Å². The van der Waals surface area contributed by atoms with Crippen molar-refractivity contribution in [2.24, 2.45) is 4.99 Å². The Morgan fingerprint density at radius 1 is 1.21 bits per heavy atom. The third-order valence-corrected chi connectivity index (χ3v) is 5.81. The number of thiophene rings is 1. The molecule has 1 atom stereocenters. The number of anilines is 1. The van der Waals surface area contributed by atoms with Gasteiger partial charge in [-0.15, -0.1) is 24.0 Å². The van der Waals surface area contributed by atoms with Gasteiger partial charge in [0.15, 0.2) is 5.96 Å². The highest BCUT2D eigenvalue weighted by molar-refractivity contribution is 14.0. The SMILES string of the molecule is CN=C(NCc1ccnc(N2CCCCCC2)c1)NCC(C)c1ccsc1.I. The lowest BCUT2D eigenvalue weighted by Gasteiger charge is -2.22. The number of rotatable bonds is 6. The largest absolute Gasteiger partial charge is 0.357 e. The van der Waals surface area contributed by atoms with Crippen molar-refractivity contribution >= 4 is 47.1 Å². The van der Waals surface area contributed by atoms with Crippen molar-refractivity contribution in [3.05, 3.63) is 46.3 Å². The van der Waals surface area contributed by atoms with Gasteiger partial charge in [-0.25, -0.2) is 4.98 Å². The van der Waals surface area contributed by atoms with Gasteiger partial charge in [0.25, 0.3) is 0 Å². The summed E-state index contributed by atoms with van der Waals surface area (Å²) in [6.07, 6.45) is 7.13. The molecule has 0 radical (unpaired) electrons. The fourth-order valence-corrected chi connectivity index (χ4v) is 4.15. The minimum absolute atomic E-state index is 0. The van der Waals surface area contributed by atoms with Gasteiger partial charge < -0.3 is 15.5 Å². The molecule has 0 saturated carbocycles.